The van der Waals surface area contributed by atoms with Crippen LogP contribution in [0.15, 0.2) is 55.6 Å². The van der Waals surface area contributed by atoms with Gasteiger partial charge in [-0.15, -0.1) is 13.2 Å². The van der Waals surface area contributed by atoms with Gasteiger partial charge in [-0.3, -0.25) is 19.2 Å². The summed E-state index contributed by atoms with van der Waals surface area (Å²) in [5.74, 6) is -3.19. The van der Waals surface area contributed by atoms with Crippen molar-refractivity contribution in [1.29, 1.82) is 0 Å². The van der Waals surface area contributed by atoms with Gasteiger partial charge in [-0.1, -0.05) is 77.7 Å². The smallest absolute Gasteiger partial charge is 0.306 e. The van der Waals surface area contributed by atoms with Crippen molar-refractivity contribution in [2.45, 2.75) is 86.0 Å². The lowest BCUT2D eigenvalue weighted by molar-refractivity contribution is -0.150. The molecule has 4 fully saturated rings. The number of esters is 1. The summed E-state index contributed by atoms with van der Waals surface area (Å²) in [5.41, 5.74) is -0.477. The Labute approximate surface area is 273 Å². The third kappa shape index (κ3) is 6.49. The van der Waals surface area contributed by atoms with Gasteiger partial charge in [-0.05, 0) is 31.2 Å². The Bertz CT molecular complexity index is 1270. The lowest BCUT2D eigenvalue weighted by Crippen LogP contribution is -2.59. The molecule has 3 heterocycles. The van der Waals surface area contributed by atoms with Crippen molar-refractivity contribution < 1.29 is 33.8 Å². The van der Waals surface area contributed by atoms with Crippen LogP contribution in [0.1, 0.15) is 63.0 Å². The number of nitrogens with zero attached hydrogens (tertiary/aromatic N) is 2. The van der Waals surface area contributed by atoms with Crippen molar-refractivity contribution in [3.8, 4) is 0 Å². The number of β-amino-alcohol motifs (C(OH)–C–C–N with tert-alkyl or cyclic N) is 1. The summed E-state index contributed by atoms with van der Waals surface area (Å²) in [6.45, 7) is 7.42. The minimum absolute atomic E-state index is 0.0315. The Morgan fingerprint density at radius 1 is 1.18 bits per heavy atom. The van der Waals surface area contributed by atoms with E-state index >= 15 is 0 Å². The van der Waals surface area contributed by atoms with Crippen LogP contribution in [0.3, 0.4) is 0 Å². The molecule has 1 spiro atoms. The van der Waals surface area contributed by atoms with E-state index in [4.69, 9.17) is 9.47 Å². The molecule has 2 N–H and O–H groups in total. The third-order valence-electron chi connectivity index (χ3n) is 9.77. The molecule has 244 valence electrons. The van der Waals surface area contributed by atoms with Gasteiger partial charge in [0.05, 0.1) is 30.6 Å². The first-order chi connectivity index (χ1) is 21.8. The highest BCUT2D eigenvalue weighted by Crippen LogP contribution is 2.60. The summed E-state index contributed by atoms with van der Waals surface area (Å²) in [4.78, 5) is 58.2. The molecule has 5 rings (SSSR count). The van der Waals surface area contributed by atoms with E-state index in [0.29, 0.717) is 19.4 Å². The summed E-state index contributed by atoms with van der Waals surface area (Å²) in [6, 6.07) is 7.61. The summed E-state index contributed by atoms with van der Waals surface area (Å²) in [7, 11) is 0. The Balaban J connectivity index is 1.43. The maximum atomic E-state index is 14.5. The first-order valence-corrected chi connectivity index (χ1v) is 16.9. The van der Waals surface area contributed by atoms with Gasteiger partial charge >= 0.3 is 5.97 Å². The van der Waals surface area contributed by atoms with Crippen LogP contribution in [-0.2, 0) is 28.7 Å². The molecule has 3 aliphatic heterocycles. The zero-order chi connectivity index (χ0) is 32.1. The van der Waals surface area contributed by atoms with Crippen molar-refractivity contribution in [1.82, 2.24) is 15.1 Å². The minimum atomic E-state index is -1.22. The van der Waals surface area contributed by atoms with Crippen molar-refractivity contribution in [3.63, 3.8) is 0 Å². The molecule has 1 aromatic rings. The second-order valence-electron chi connectivity index (χ2n) is 12.5. The number of nitrogens with one attached hydrogen (secondary N) is 1. The van der Waals surface area contributed by atoms with Crippen molar-refractivity contribution in [2.24, 2.45) is 11.8 Å². The van der Waals surface area contributed by atoms with Gasteiger partial charge in [0.2, 0.25) is 17.7 Å². The number of benzene rings is 1. The number of hydrogen-bond donors (Lipinski definition) is 2. The fraction of sp³-hybridized carbons (Fsp3) is 0.588. The molecule has 1 aromatic carbocycles. The molecule has 3 saturated heterocycles. The summed E-state index contributed by atoms with van der Waals surface area (Å²) in [5, 5.41) is 13.0. The molecule has 10 nitrogen and oxygen atoms in total. The molecule has 1 aliphatic carbocycles. The van der Waals surface area contributed by atoms with E-state index in [2.05, 4.69) is 34.4 Å². The second-order valence-corrected chi connectivity index (χ2v) is 13.6. The molecule has 45 heavy (non-hydrogen) atoms. The van der Waals surface area contributed by atoms with E-state index in [1.54, 1.807) is 12.2 Å². The van der Waals surface area contributed by atoms with Crippen LogP contribution in [0.2, 0.25) is 0 Å². The number of fused-ring (bicyclic) bond motifs is 1. The SMILES string of the molecule is C=CCCC(=O)OC[C@H](NC(=O)[C@H]1[C@@H]2O[C@@]3(CC2Br)[C@@H]1C(=O)N(CCO)[C@@H]3C(=O)N(CC=C)C1CCCCC1)c1ccccc1. The maximum absolute atomic E-state index is 14.5. The van der Waals surface area contributed by atoms with E-state index in [0.717, 1.165) is 37.7 Å². The van der Waals surface area contributed by atoms with Gasteiger partial charge in [-0.2, -0.15) is 0 Å². The Morgan fingerprint density at radius 3 is 2.58 bits per heavy atom. The van der Waals surface area contributed by atoms with Crippen LogP contribution in [0.5, 0.6) is 0 Å². The summed E-state index contributed by atoms with van der Waals surface area (Å²) in [6.07, 6.45) is 8.70. The largest absolute Gasteiger partial charge is 0.463 e. The third-order valence-corrected chi connectivity index (χ3v) is 10.6. The minimum Gasteiger partial charge on any atom is -0.463 e. The average Bonchev–Trinajstić information content (AvgIpc) is 3.64. The van der Waals surface area contributed by atoms with Crippen molar-refractivity contribution in [2.75, 3.05) is 26.3 Å². The highest BCUT2D eigenvalue weighted by Gasteiger charge is 2.76. The lowest BCUT2D eigenvalue weighted by Gasteiger charge is -2.40. The lowest BCUT2D eigenvalue weighted by atomic mass is 9.70. The van der Waals surface area contributed by atoms with Gasteiger partial charge in [0, 0.05) is 30.4 Å². The number of carbonyl (C=O) groups excluding carboxylic acids is 4. The molecule has 0 aromatic heterocycles. The fourth-order valence-electron chi connectivity index (χ4n) is 7.81. The number of allylic oxidation sites excluding steroid dienone is 1. The molecule has 1 saturated carbocycles. The van der Waals surface area contributed by atoms with Crippen LogP contribution >= 0.6 is 15.9 Å². The number of likely N-dealkylation sites (tertiary alicyclic amines) is 1. The van der Waals surface area contributed by atoms with Crippen molar-refractivity contribution in [3.05, 3.63) is 61.2 Å². The molecule has 3 amide bonds. The molecule has 11 heteroatoms. The number of alkyl halides is 1. The van der Waals surface area contributed by atoms with Gasteiger partial charge in [0.15, 0.2) is 0 Å². The topological polar surface area (TPSA) is 125 Å². The van der Waals surface area contributed by atoms with Gasteiger partial charge in [0.1, 0.15) is 18.2 Å². The second kappa shape index (κ2) is 14.6. The highest BCUT2D eigenvalue weighted by atomic mass is 79.9. The van der Waals surface area contributed by atoms with Gasteiger partial charge in [0.25, 0.3) is 0 Å². The number of hydrogen-bond acceptors (Lipinski definition) is 7. The van der Waals surface area contributed by atoms with Crippen LogP contribution < -0.4 is 5.32 Å². The van der Waals surface area contributed by atoms with E-state index < -0.39 is 47.5 Å². The number of rotatable bonds is 14. The van der Waals surface area contributed by atoms with E-state index in [9.17, 15) is 24.3 Å². The standard InChI is InChI=1S/C34H44BrN3O7/c1-3-5-16-26(40)44-21-25(22-12-8-6-9-13-22)36-31(41)27-28-32(42)38(18-19-39)30(34(28)20-24(35)29(27)45-34)33(43)37(17-4-2)23-14-10-7-11-15-23/h3-4,6,8-9,12-13,23-25,27-30,39H,1-2,5,7,10-11,14-21H2,(H,36,41)/t24?,25-,27+,28-,29+,30+,34-/m0/s1. The van der Waals surface area contributed by atoms with E-state index in [-0.39, 0.29) is 48.9 Å². The predicted molar refractivity (Wildman–Crippen MR) is 171 cm³/mol. The number of halogens is 1. The molecule has 1 unspecified atom stereocenters. The van der Waals surface area contributed by atoms with E-state index in [1.807, 2.05) is 35.2 Å². The summed E-state index contributed by atoms with van der Waals surface area (Å²) < 4.78 is 12.2. The van der Waals surface area contributed by atoms with E-state index in [1.165, 1.54) is 4.90 Å². The maximum Gasteiger partial charge on any atom is 0.306 e. The quantitative estimate of drug-likeness (QED) is 0.175. The Morgan fingerprint density at radius 2 is 1.91 bits per heavy atom. The number of aliphatic hydroxyl groups is 1. The Kier molecular flexibility index (Phi) is 10.8. The van der Waals surface area contributed by atoms with Crippen LogP contribution in [0.25, 0.3) is 0 Å². The first kappa shape index (κ1) is 33.3. The first-order valence-electron chi connectivity index (χ1n) is 16.0. The van der Waals surface area contributed by atoms with Crippen LogP contribution in [0, 0.1) is 11.8 Å². The number of aliphatic hydroxyl groups excluding tert-OH is 1. The van der Waals surface area contributed by atoms with Gasteiger partial charge < -0.3 is 29.7 Å². The molecular weight excluding hydrogens is 642 g/mol. The molecule has 4 aliphatic rings. The van der Waals surface area contributed by atoms with Gasteiger partial charge in [-0.25, -0.2) is 0 Å². The van der Waals surface area contributed by atoms with Crippen LogP contribution in [0.4, 0.5) is 0 Å². The molecular formula is C34H44BrN3O7. The number of carbonyl (C=O) groups is 4. The fourth-order valence-corrected chi connectivity index (χ4v) is 8.75. The average molecular weight is 687 g/mol. The number of amides is 3. The van der Waals surface area contributed by atoms with Crippen molar-refractivity contribution >= 4 is 39.6 Å². The zero-order valence-corrected chi connectivity index (χ0v) is 27.2. The molecule has 0 radical (unpaired) electrons. The predicted octanol–water partition coefficient (Wildman–Crippen LogP) is 3.44. The number of ether oxygens (including phenoxy) is 2. The summed E-state index contributed by atoms with van der Waals surface area (Å²) >= 11 is 3.72. The highest BCUT2D eigenvalue weighted by molar-refractivity contribution is 9.09. The normalized spacial score (nSPS) is 29.6. The van der Waals surface area contributed by atoms with Crippen LogP contribution in [-0.4, -0.2) is 93.5 Å². The zero-order valence-electron chi connectivity index (χ0n) is 25.7. The molecule has 7 atom stereocenters. The monoisotopic (exact) mass is 685 g/mol. The Hall–Kier alpha value is -3.02. The molecule has 2 bridgehead atoms.